The van der Waals surface area contributed by atoms with Crippen LogP contribution in [0.1, 0.15) is 12.5 Å². The Bertz CT molecular complexity index is 933. The van der Waals surface area contributed by atoms with E-state index in [0.29, 0.717) is 26.7 Å². The van der Waals surface area contributed by atoms with Crippen molar-refractivity contribution in [3.05, 3.63) is 52.0 Å². The lowest BCUT2D eigenvalue weighted by Gasteiger charge is -2.26. The van der Waals surface area contributed by atoms with Crippen LogP contribution in [0.15, 0.2) is 36.4 Å². The first-order chi connectivity index (χ1) is 11.3. The highest BCUT2D eigenvalue weighted by molar-refractivity contribution is 14.1. The van der Waals surface area contributed by atoms with Crippen molar-refractivity contribution in [2.75, 3.05) is 11.5 Å². The molecule has 0 aliphatic rings. The van der Waals surface area contributed by atoms with E-state index in [9.17, 15) is 0 Å². The number of hydrogen-bond donors (Lipinski definition) is 2. The molecule has 124 valence electrons. The normalized spacial score (nSPS) is 13.7. The third-order valence-electron chi connectivity index (χ3n) is 3.47. The number of benzene rings is 2. The molecular weight excluding hydrogens is 462 g/mol. The maximum atomic E-state index is 6.20. The van der Waals surface area contributed by atoms with E-state index in [1.165, 1.54) is 0 Å². The van der Waals surface area contributed by atoms with Gasteiger partial charge in [-0.25, -0.2) is 4.98 Å². The number of ether oxygens (including phenoxy) is 1. The van der Waals surface area contributed by atoms with E-state index in [0.717, 1.165) is 5.56 Å². The lowest BCUT2D eigenvalue weighted by Crippen LogP contribution is -2.21. The smallest absolute Gasteiger partial charge is 0.222 e. The van der Waals surface area contributed by atoms with Crippen LogP contribution in [0, 0.1) is 0 Å². The number of nitrogen functional groups attached to an aromatic ring is 2. The van der Waals surface area contributed by atoms with Crippen LogP contribution in [-0.4, -0.2) is 9.97 Å². The minimum atomic E-state index is -0.700. The second kappa shape index (κ2) is 6.42. The summed E-state index contributed by atoms with van der Waals surface area (Å²) in [6.45, 7) is 1.92. The van der Waals surface area contributed by atoms with Crippen molar-refractivity contribution in [3.8, 4) is 5.75 Å². The quantitative estimate of drug-likeness (QED) is 0.421. The van der Waals surface area contributed by atoms with Crippen LogP contribution in [0.5, 0.6) is 5.75 Å². The molecule has 4 N–H and O–H groups in total. The molecule has 3 rings (SSSR count). The van der Waals surface area contributed by atoms with Crippen molar-refractivity contribution in [1.29, 1.82) is 0 Å². The SMILES string of the molecule is CC(I)(Oc1cccc2nc(N)nc(N)c12)c1ccc(Cl)c(Cl)c1. The zero-order chi connectivity index (χ0) is 17.5. The van der Waals surface area contributed by atoms with Crippen molar-refractivity contribution in [1.82, 2.24) is 9.97 Å². The van der Waals surface area contributed by atoms with Crippen LogP contribution in [0.3, 0.4) is 0 Å². The van der Waals surface area contributed by atoms with Gasteiger partial charge >= 0.3 is 0 Å². The molecule has 5 nitrogen and oxygen atoms in total. The molecule has 0 spiro atoms. The zero-order valence-corrected chi connectivity index (χ0v) is 16.2. The highest BCUT2D eigenvalue weighted by Crippen LogP contribution is 2.40. The minimum absolute atomic E-state index is 0.124. The van der Waals surface area contributed by atoms with E-state index < -0.39 is 3.61 Å². The van der Waals surface area contributed by atoms with E-state index in [1.807, 2.05) is 25.1 Å². The molecule has 1 atom stereocenters. The van der Waals surface area contributed by atoms with Gasteiger partial charge in [-0.2, -0.15) is 4.98 Å². The predicted molar refractivity (Wildman–Crippen MR) is 107 cm³/mol. The summed E-state index contributed by atoms with van der Waals surface area (Å²) in [5, 5.41) is 1.58. The van der Waals surface area contributed by atoms with Gasteiger partial charge in [0, 0.05) is 5.56 Å². The molecule has 0 saturated carbocycles. The fraction of sp³-hybridized carbons (Fsp3) is 0.125. The monoisotopic (exact) mass is 474 g/mol. The Morgan fingerprint density at radius 1 is 1.08 bits per heavy atom. The van der Waals surface area contributed by atoms with Crippen LogP contribution in [0.2, 0.25) is 10.0 Å². The molecule has 24 heavy (non-hydrogen) atoms. The summed E-state index contributed by atoms with van der Waals surface area (Å²) >= 11 is 14.3. The molecule has 3 aromatic rings. The standard InChI is InChI=1S/C16H13Cl2IN4O/c1-16(19,8-5-6-9(17)10(18)7-8)24-12-4-2-3-11-13(12)14(20)23-15(21)22-11/h2-7H,1H3,(H4,20,21,22,23). The maximum absolute atomic E-state index is 6.20. The Morgan fingerprint density at radius 2 is 1.83 bits per heavy atom. The molecule has 0 fully saturated rings. The van der Waals surface area contributed by atoms with Gasteiger partial charge in [-0.1, -0.05) is 35.3 Å². The molecule has 0 amide bonds. The van der Waals surface area contributed by atoms with Gasteiger partial charge in [0.1, 0.15) is 11.6 Å². The van der Waals surface area contributed by atoms with E-state index >= 15 is 0 Å². The highest BCUT2D eigenvalue weighted by atomic mass is 127. The number of fused-ring (bicyclic) bond motifs is 1. The Kier molecular flexibility index (Phi) is 4.63. The first kappa shape index (κ1) is 17.3. The summed E-state index contributed by atoms with van der Waals surface area (Å²) in [4.78, 5) is 8.21. The average Bonchev–Trinajstić information content (AvgIpc) is 2.49. The third-order valence-corrected chi connectivity index (χ3v) is 5.05. The summed E-state index contributed by atoms with van der Waals surface area (Å²) < 4.78 is 5.50. The largest absolute Gasteiger partial charge is 0.472 e. The Morgan fingerprint density at radius 3 is 2.54 bits per heavy atom. The lowest BCUT2D eigenvalue weighted by atomic mass is 10.1. The number of rotatable bonds is 3. The molecule has 2 aromatic carbocycles. The Hall–Kier alpha value is -1.51. The molecule has 0 bridgehead atoms. The summed E-state index contributed by atoms with van der Waals surface area (Å²) in [5.74, 6) is 0.960. The number of halogens is 3. The maximum Gasteiger partial charge on any atom is 0.222 e. The van der Waals surface area contributed by atoms with Crippen LogP contribution in [0.25, 0.3) is 10.9 Å². The van der Waals surface area contributed by atoms with E-state index in [1.54, 1.807) is 18.2 Å². The van der Waals surface area contributed by atoms with Gasteiger partial charge in [-0.05, 0) is 53.8 Å². The van der Waals surface area contributed by atoms with Gasteiger partial charge in [0.15, 0.2) is 3.61 Å². The molecule has 0 radical (unpaired) electrons. The van der Waals surface area contributed by atoms with Gasteiger partial charge in [-0.3, -0.25) is 0 Å². The molecule has 0 aliphatic heterocycles. The number of aromatic nitrogens is 2. The van der Waals surface area contributed by atoms with Gasteiger partial charge in [0.05, 0.1) is 20.9 Å². The number of hydrogen-bond acceptors (Lipinski definition) is 5. The average molecular weight is 475 g/mol. The summed E-state index contributed by atoms with van der Waals surface area (Å²) in [7, 11) is 0. The summed E-state index contributed by atoms with van der Waals surface area (Å²) in [5.41, 5.74) is 13.1. The van der Waals surface area contributed by atoms with Gasteiger partial charge < -0.3 is 16.2 Å². The first-order valence-electron chi connectivity index (χ1n) is 6.93. The second-order valence-corrected chi connectivity index (χ2v) is 8.14. The van der Waals surface area contributed by atoms with Crippen LogP contribution in [0.4, 0.5) is 11.8 Å². The Balaban J connectivity index is 2.07. The topological polar surface area (TPSA) is 87.0 Å². The fourth-order valence-electron chi connectivity index (χ4n) is 2.32. The third kappa shape index (κ3) is 3.31. The lowest BCUT2D eigenvalue weighted by molar-refractivity contribution is 0.210. The van der Waals surface area contributed by atoms with Crippen molar-refractivity contribution in [2.45, 2.75) is 10.5 Å². The van der Waals surface area contributed by atoms with Crippen molar-refractivity contribution >= 4 is 68.5 Å². The molecule has 1 unspecified atom stereocenters. The van der Waals surface area contributed by atoms with E-state index in [-0.39, 0.29) is 11.8 Å². The van der Waals surface area contributed by atoms with Gasteiger partial charge in [0.2, 0.25) is 5.95 Å². The van der Waals surface area contributed by atoms with E-state index in [2.05, 4.69) is 32.6 Å². The van der Waals surface area contributed by atoms with Gasteiger partial charge in [-0.15, -0.1) is 0 Å². The highest BCUT2D eigenvalue weighted by Gasteiger charge is 2.27. The van der Waals surface area contributed by atoms with Crippen LogP contribution < -0.4 is 16.2 Å². The first-order valence-corrected chi connectivity index (χ1v) is 8.76. The Labute approximate surface area is 162 Å². The summed E-state index contributed by atoms with van der Waals surface area (Å²) in [6.07, 6.45) is 0. The number of nitrogens with zero attached hydrogens (tertiary/aromatic N) is 2. The fourth-order valence-corrected chi connectivity index (χ4v) is 3.19. The number of anilines is 2. The molecular formula is C16H13Cl2IN4O. The molecule has 8 heteroatoms. The predicted octanol–water partition coefficient (Wildman–Crippen LogP) is 4.79. The molecule has 0 aliphatic carbocycles. The van der Waals surface area contributed by atoms with Crippen molar-refractivity contribution < 1.29 is 4.74 Å². The zero-order valence-electron chi connectivity index (χ0n) is 12.6. The molecule has 1 aromatic heterocycles. The minimum Gasteiger partial charge on any atom is -0.472 e. The van der Waals surface area contributed by atoms with Crippen molar-refractivity contribution in [2.24, 2.45) is 0 Å². The van der Waals surface area contributed by atoms with Crippen LogP contribution >= 0.6 is 45.8 Å². The number of nitrogens with two attached hydrogens (primary N) is 2. The second-order valence-electron chi connectivity index (χ2n) is 5.27. The molecule has 0 saturated heterocycles. The van der Waals surface area contributed by atoms with Crippen molar-refractivity contribution in [3.63, 3.8) is 0 Å². The van der Waals surface area contributed by atoms with Gasteiger partial charge in [0.25, 0.3) is 0 Å². The number of alkyl halides is 1. The molecule has 1 heterocycles. The van der Waals surface area contributed by atoms with E-state index in [4.69, 9.17) is 39.4 Å². The van der Waals surface area contributed by atoms with Crippen LogP contribution in [-0.2, 0) is 3.61 Å². The summed E-state index contributed by atoms with van der Waals surface area (Å²) in [6, 6.07) is 10.8.